The van der Waals surface area contributed by atoms with E-state index in [9.17, 15) is 4.39 Å². The first-order valence-electron chi connectivity index (χ1n) is 12.5. The van der Waals surface area contributed by atoms with Crippen LogP contribution in [0.25, 0.3) is 43.1 Å². The lowest BCUT2D eigenvalue weighted by atomic mass is 10.0. The molecule has 2 heteroatoms. The van der Waals surface area contributed by atoms with Gasteiger partial charge in [0.25, 0.3) is 0 Å². The molecule has 0 radical (unpaired) electrons. The summed E-state index contributed by atoms with van der Waals surface area (Å²) in [4.78, 5) is 0. The molecule has 176 valence electrons. The molecule has 0 aliphatic heterocycles. The fraction of sp³-hybridized carbons (Fsp3) is 0. The van der Waals surface area contributed by atoms with Crippen LogP contribution in [0.15, 0.2) is 133 Å². The highest BCUT2D eigenvalue weighted by Crippen LogP contribution is 2.48. The number of benzene rings is 7. The largest absolute Gasteiger partial charge is 0.207 e. The Balaban J connectivity index is 1.70. The van der Waals surface area contributed by atoms with Crippen LogP contribution >= 0.6 is 6.89 Å². The zero-order valence-electron chi connectivity index (χ0n) is 20.2. The molecule has 0 saturated carbocycles. The Kier molecular flexibility index (Phi) is 5.03. The number of rotatable bonds is 3. The summed E-state index contributed by atoms with van der Waals surface area (Å²) in [5, 5.41) is 13.2. The lowest BCUT2D eigenvalue weighted by molar-refractivity contribution is 0.628. The van der Waals surface area contributed by atoms with Gasteiger partial charge < -0.3 is 0 Å². The van der Waals surface area contributed by atoms with E-state index < -0.39 is 6.89 Å². The number of halogens is 1. The minimum atomic E-state index is -2.46. The summed E-state index contributed by atoms with van der Waals surface area (Å²) >= 11 is 0. The Bertz CT molecular complexity index is 1900. The third-order valence-electron chi connectivity index (χ3n) is 7.58. The minimum Gasteiger partial charge on any atom is -0.207 e. The fourth-order valence-electron chi connectivity index (χ4n) is 5.80. The summed E-state index contributed by atoms with van der Waals surface area (Å²) in [6.07, 6.45) is 5.11. The van der Waals surface area contributed by atoms with Gasteiger partial charge in [-0.1, -0.05) is 115 Å². The second kappa shape index (κ2) is 8.44. The van der Waals surface area contributed by atoms with Crippen molar-refractivity contribution in [3.05, 3.63) is 139 Å². The number of hydrogen-bond acceptors (Lipinski definition) is 0. The average Bonchev–Trinajstić information content (AvgIpc) is 2.96. The summed E-state index contributed by atoms with van der Waals surface area (Å²) in [6.45, 7) is -2.46. The highest BCUT2D eigenvalue weighted by Gasteiger charge is 2.27. The van der Waals surface area contributed by atoms with Gasteiger partial charge >= 0.3 is 0 Å². The van der Waals surface area contributed by atoms with Gasteiger partial charge in [0.15, 0.2) is 0 Å². The summed E-state index contributed by atoms with van der Waals surface area (Å²) in [6, 6.07) is 46.0. The second-order valence-electron chi connectivity index (χ2n) is 9.61. The highest BCUT2D eigenvalue weighted by atomic mass is 31.2. The van der Waals surface area contributed by atoms with E-state index in [0.717, 1.165) is 5.30 Å². The van der Waals surface area contributed by atoms with Gasteiger partial charge in [-0.3, -0.25) is 0 Å². The summed E-state index contributed by atoms with van der Waals surface area (Å²) < 4.78 is 14.2. The van der Waals surface area contributed by atoms with E-state index in [1.807, 2.05) is 12.1 Å². The van der Waals surface area contributed by atoms with Crippen molar-refractivity contribution in [3.8, 4) is 0 Å². The smallest absolute Gasteiger partial charge is 0.123 e. The normalized spacial score (nSPS) is 12.0. The van der Waals surface area contributed by atoms with Gasteiger partial charge in [0.1, 0.15) is 5.82 Å². The van der Waals surface area contributed by atoms with Crippen molar-refractivity contribution in [2.45, 2.75) is 0 Å². The van der Waals surface area contributed by atoms with Crippen LogP contribution < -0.4 is 15.9 Å². The SMILES string of the molecule is C=P(c1ccc(F)cc1)(c1cc2ccccc2c2ccccc12)c1cc2ccccc2c2ccccc12. The average molecular weight is 495 g/mol. The molecule has 0 aliphatic rings. The highest BCUT2D eigenvalue weighted by molar-refractivity contribution is 7.94. The van der Waals surface area contributed by atoms with E-state index in [1.54, 1.807) is 12.1 Å². The Morgan fingerprint density at radius 2 is 0.811 bits per heavy atom. The van der Waals surface area contributed by atoms with Crippen LogP contribution in [0.3, 0.4) is 0 Å². The van der Waals surface area contributed by atoms with Crippen LogP contribution in [-0.4, -0.2) is 6.30 Å². The molecule has 0 heterocycles. The van der Waals surface area contributed by atoms with Crippen molar-refractivity contribution in [1.82, 2.24) is 0 Å². The summed E-state index contributed by atoms with van der Waals surface area (Å²) in [5.74, 6) is -0.234. The quantitative estimate of drug-likeness (QED) is 0.172. The fourth-order valence-corrected chi connectivity index (χ4v) is 9.21. The molecule has 37 heavy (non-hydrogen) atoms. The third kappa shape index (κ3) is 3.35. The number of fused-ring (bicyclic) bond motifs is 6. The van der Waals surface area contributed by atoms with Crippen LogP contribution in [0.5, 0.6) is 0 Å². The maximum Gasteiger partial charge on any atom is 0.123 e. The zero-order valence-corrected chi connectivity index (χ0v) is 21.1. The first-order valence-corrected chi connectivity index (χ1v) is 14.4. The lowest BCUT2D eigenvalue weighted by Gasteiger charge is -2.30. The summed E-state index contributed by atoms with van der Waals surface area (Å²) in [7, 11) is 0. The van der Waals surface area contributed by atoms with E-state index in [-0.39, 0.29) is 5.82 Å². The number of hydrogen-bond donors (Lipinski definition) is 0. The Morgan fingerprint density at radius 1 is 0.432 bits per heavy atom. The van der Waals surface area contributed by atoms with Crippen molar-refractivity contribution in [1.29, 1.82) is 0 Å². The van der Waals surface area contributed by atoms with Gasteiger partial charge in [0.05, 0.1) is 0 Å². The van der Waals surface area contributed by atoms with E-state index >= 15 is 0 Å². The molecule has 7 aromatic carbocycles. The molecule has 0 aromatic heterocycles. The first-order chi connectivity index (χ1) is 18.1. The van der Waals surface area contributed by atoms with E-state index in [1.165, 1.54) is 53.7 Å². The molecule has 0 aliphatic carbocycles. The van der Waals surface area contributed by atoms with Gasteiger partial charge in [-0.2, -0.15) is 0 Å². The molecular formula is C35H24FP. The van der Waals surface area contributed by atoms with Gasteiger partial charge in [-0.15, -0.1) is 0 Å². The van der Waals surface area contributed by atoms with Crippen LogP contribution in [-0.2, 0) is 0 Å². The van der Waals surface area contributed by atoms with E-state index in [4.69, 9.17) is 6.30 Å². The van der Waals surface area contributed by atoms with Crippen molar-refractivity contribution in [2.75, 3.05) is 0 Å². The maximum absolute atomic E-state index is 14.2. The zero-order chi connectivity index (χ0) is 25.0. The van der Waals surface area contributed by atoms with Crippen molar-refractivity contribution >= 4 is 72.2 Å². The van der Waals surface area contributed by atoms with E-state index in [0.29, 0.717) is 0 Å². The van der Waals surface area contributed by atoms with Crippen molar-refractivity contribution in [2.24, 2.45) is 0 Å². The lowest BCUT2D eigenvalue weighted by Crippen LogP contribution is -2.27. The van der Waals surface area contributed by atoms with E-state index in [2.05, 4.69) is 109 Å². The molecule has 0 fully saturated rings. The minimum absolute atomic E-state index is 0.234. The molecule has 7 rings (SSSR count). The van der Waals surface area contributed by atoms with Gasteiger partial charge in [-0.25, -0.2) is 4.39 Å². The predicted molar refractivity (Wildman–Crippen MR) is 162 cm³/mol. The maximum atomic E-state index is 14.2. The van der Waals surface area contributed by atoms with Crippen molar-refractivity contribution < 1.29 is 4.39 Å². The monoisotopic (exact) mass is 494 g/mol. The molecule has 0 atom stereocenters. The molecule has 0 saturated heterocycles. The van der Waals surface area contributed by atoms with Crippen LogP contribution in [0, 0.1) is 5.82 Å². The Morgan fingerprint density at radius 3 is 1.27 bits per heavy atom. The van der Waals surface area contributed by atoms with Crippen LogP contribution in [0.1, 0.15) is 0 Å². The Labute approximate surface area is 215 Å². The molecule has 0 spiro atoms. The standard InChI is InChI=1S/C35H24FP/c1-37(27-20-18-26(36)19-21-27,34-22-24-10-2-4-12-28(24)30-14-6-8-16-32(30)34)35-23-25-11-3-5-13-29(25)31-15-7-9-17-33(31)35/h2-23H,1H2. The van der Waals surface area contributed by atoms with Gasteiger partial charge in [-0.05, 0) is 90.2 Å². The Hall–Kier alpha value is -4.19. The predicted octanol–water partition coefficient (Wildman–Crippen LogP) is 8.16. The molecule has 0 bridgehead atoms. The van der Waals surface area contributed by atoms with Gasteiger partial charge in [0.2, 0.25) is 0 Å². The molecule has 0 unspecified atom stereocenters. The second-order valence-corrected chi connectivity index (χ2v) is 12.7. The topological polar surface area (TPSA) is 0 Å². The molecule has 0 nitrogen and oxygen atoms in total. The molecule has 0 N–H and O–H groups in total. The molecule has 7 aromatic rings. The van der Waals surface area contributed by atoms with Crippen molar-refractivity contribution in [3.63, 3.8) is 0 Å². The molecular weight excluding hydrogens is 470 g/mol. The third-order valence-corrected chi connectivity index (χ3v) is 11.1. The first kappa shape index (κ1) is 22.0. The molecule has 0 amide bonds. The van der Waals surface area contributed by atoms with Gasteiger partial charge in [0, 0.05) is 0 Å². The van der Waals surface area contributed by atoms with Crippen LogP contribution in [0.4, 0.5) is 4.39 Å². The summed E-state index contributed by atoms with van der Waals surface area (Å²) in [5.41, 5.74) is 0. The van der Waals surface area contributed by atoms with Crippen LogP contribution in [0.2, 0.25) is 0 Å².